The van der Waals surface area contributed by atoms with Crippen LogP contribution in [0.2, 0.25) is 0 Å². The molecule has 1 aliphatic rings. The zero-order valence-electron chi connectivity index (χ0n) is 14.0. The van der Waals surface area contributed by atoms with E-state index in [1.54, 1.807) is 4.90 Å². The molecule has 0 saturated carbocycles. The number of nitrogens with zero attached hydrogens (tertiary/aromatic N) is 1. The van der Waals surface area contributed by atoms with Crippen LogP contribution in [0, 0.1) is 19.8 Å². The molecule has 4 heteroatoms. The summed E-state index contributed by atoms with van der Waals surface area (Å²) in [6.45, 7) is 8.70. The molecule has 1 unspecified atom stereocenters. The lowest BCUT2D eigenvalue weighted by Crippen LogP contribution is -2.39. The number of hydrogen-bond donors (Lipinski definition) is 1. The fourth-order valence-electron chi connectivity index (χ4n) is 2.84. The van der Waals surface area contributed by atoms with Gasteiger partial charge < -0.3 is 10.2 Å². The minimum absolute atomic E-state index is 0.00776. The molecule has 1 atom stereocenters. The van der Waals surface area contributed by atoms with E-state index in [4.69, 9.17) is 0 Å². The highest BCUT2D eigenvalue weighted by molar-refractivity contribution is 6.00. The third-order valence-electron chi connectivity index (χ3n) is 4.63. The molecule has 1 fully saturated rings. The normalized spacial score (nSPS) is 18.1. The average Bonchev–Trinajstić information content (AvgIpc) is 2.89. The van der Waals surface area contributed by atoms with Crippen LogP contribution in [0.1, 0.15) is 44.2 Å². The Hall–Kier alpha value is -1.84. The highest BCUT2D eigenvalue weighted by Crippen LogP contribution is 2.27. The van der Waals surface area contributed by atoms with Gasteiger partial charge in [-0.05, 0) is 49.9 Å². The summed E-state index contributed by atoms with van der Waals surface area (Å²) in [6.07, 6.45) is 2.15. The van der Waals surface area contributed by atoms with E-state index in [-0.39, 0.29) is 23.8 Å². The monoisotopic (exact) mass is 302 g/mol. The van der Waals surface area contributed by atoms with E-state index in [2.05, 4.69) is 26.1 Å². The number of hydrogen-bond acceptors (Lipinski definition) is 2. The van der Waals surface area contributed by atoms with E-state index >= 15 is 0 Å². The van der Waals surface area contributed by atoms with Gasteiger partial charge in [0.2, 0.25) is 11.8 Å². The van der Waals surface area contributed by atoms with Gasteiger partial charge in [0.15, 0.2) is 0 Å². The Morgan fingerprint density at radius 2 is 1.95 bits per heavy atom. The van der Waals surface area contributed by atoms with Crippen molar-refractivity contribution in [3.63, 3.8) is 0 Å². The zero-order valence-corrected chi connectivity index (χ0v) is 14.0. The summed E-state index contributed by atoms with van der Waals surface area (Å²) in [4.78, 5) is 26.3. The van der Waals surface area contributed by atoms with Gasteiger partial charge in [-0.1, -0.05) is 19.9 Å². The summed E-state index contributed by atoms with van der Waals surface area (Å²) in [6, 6.07) is 6.21. The van der Waals surface area contributed by atoms with Gasteiger partial charge in [0, 0.05) is 24.7 Å². The predicted octanol–water partition coefficient (Wildman–Crippen LogP) is 2.96. The Morgan fingerprint density at radius 1 is 1.27 bits per heavy atom. The first-order valence-corrected chi connectivity index (χ1v) is 8.14. The van der Waals surface area contributed by atoms with Crippen molar-refractivity contribution in [2.45, 2.75) is 53.0 Å². The maximum atomic E-state index is 12.3. The summed E-state index contributed by atoms with van der Waals surface area (Å²) in [5.41, 5.74) is 3.26. The van der Waals surface area contributed by atoms with Gasteiger partial charge in [-0.2, -0.15) is 0 Å². The molecule has 0 radical (unpaired) electrons. The van der Waals surface area contributed by atoms with Crippen LogP contribution in [-0.4, -0.2) is 24.4 Å². The number of benzene rings is 1. The summed E-state index contributed by atoms with van der Waals surface area (Å²) >= 11 is 0. The van der Waals surface area contributed by atoms with Gasteiger partial charge in [-0.15, -0.1) is 0 Å². The van der Waals surface area contributed by atoms with Crippen molar-refractivity contribution in [3.05, 3.63) is 29.3 Å². The van der Waals surface area contributed by atoms with Crippen molar-refractivity contribution in [1.29, 1.82) is 0 Å². The molecule has 0 bridgehead atoms. The second-order valence-corrected chi connectivity index (χ2v) is 6.20. The molecular formula is C18H26N2O2. The quantitative estimate of drug-likeness (QED) is 0.909. The van der Waals surface area contributed by atoms with Crippen molar-refractivity contribution in [3.8, 4) is 0 Å². The van der Waals surface area contributed by atoms with Crippen LogP contribution < -0.4 is 10.2 Å². The Balaban J connectivity index is 2.07. The molecule has 1 heterocycles. The van der Waals surface area contributed by atoms with Crippen molar-refractivity contribution in [1.82, 2.24) is 5.32 Å². The van der Waals surface area contributed by atoms with Gasteiger partial charge in [0.1, 0.15) is 0 Å². The predicted molar refractivity (Wildman–Crippen MR) is 88.9 cm³/mol. The molecule has 2 amide bonds. The molecule has 1 aromatic carbocycles. The maximum Gasteiger partial charge on any atom is 0.227 e. The Morgan fingerprint density at radius 3 is 2.55 bits per heavy atom. The van der Waals surface area contributed by atoms with Gasteiger partial charge in [0.25, 0.3) is 0 Å². The van der Waals surface area contributed by atoms with E-state index in [1.807, 2.05) is 25.1 Å². The van der Waals surface area contributed by atoms with Crippen LogP contribution >= 0.6 is 0 Å². The molecular weight excluding hydrogens is 276 g/mol. The number of rotatable bonds is 5. The Kier molecular flexibility index (Phi) is 5.22. The lowest BCUT2D eigenvalue weighted by atomic mass is 10.1. The van der Waals surface area contributed by atoms with Crippen molar-refractivity contribution >= 4 is 17.5 Å². The third kappa shape index (κ3) is 3.49. The zero-order chi connectivity index (χ0) is 16.3. The maximum absolute atomic E-state index is 12.3. The fourth-order valence-corrected chi connectivity index (χ4v) is 2.84. The standard InChI is InChI=1S/C18H26N2O2/c1-5-15(6-2)19-18(22)14-10-17(21)20(11-14)16-8-7-12(3)13(4)9-16/h7-9,14-15H,5-6,10-11H2,1-4H3,(H,19,22). The van der Waals surface area contributed by atoms with Gasteiger partial charge in [0.05, 0.1) is 5.92 Å². The highest BCUT2D eigenvalue weighted by atomic mass is 16.2. The summed E-state index contributed by atoms with van der Waals surface area (Å²) in [7, 11) is 0. The molecule has 2 rings (SSSR count). The number of amides is 2. The largest absolute Gasteiger partial charge is 0.353 e. The van der Waals surface area contributed by atoms with Crippen LogP contribution in [0.4, 0.5) is 5.69 Å². The topological polar surface area (TPSA) is 49.4 Å². The molecule has 1 aromatic rings. The second-order valence-electron chi connectivity index (χ2n) is 6.20. The minimum atomic E-state index is -0.241. The lowest BCUT2D eigenvalue weighted by molar-refractivity contribution is -0.127. The molecule has 0 aliphatic carbocycles. The van der Waals surface area contributed by atoms with E-state index in [0.29, 0.717) is 13.0 Å². The van der Waals surface area contributed by atoms with Crippen LogP contribution in [0.5, 0.6) is 0 Å². The molecule has 4 nitrogen and oxygen atoms in total. The first kappa shape index (κ1) is 16.5. The number of anilines is 1. The molecule has 22 heavy (non-hydrogen) atoms. The SMILES string of the molecule is CCC(CC)NC(=O)C1CC(=O)N(c2ccc(C)c(C)c2)C1. The molecule has 0 spiro atoms. The second kappa shape index (κ2) is 6.95. The van der Waals surface area contributed by atoms with Gasteiger partial charge in [-0.25, -0.2) is 0 Å². The molecule has 1 N–H and O–H groups in total. The third-order valence-corrected chi connectivity index (χ3v) is 4.63. The van der Waals surface area contributed by atoms with Crippen molar-refractivity contribution < 1.29 is 9.59 Å². The van der Waals surface area contributed by atoms with Crippen LogP contribution in [-0.2, 0) is 9.59 Å². The Labute approximate surface area is 132 Å². The summed E-state index contributed by atoms with van der Waals surface area (Å²) in [5, 5.41) is 3.05. The summed E-state index contributed by atoms with van der Waals surface area (Å²) < 4.78 is 0. The number of aryl methyl sites for hydroxylation is 2. The first-order valence-electron chi connectivity index (χ1n) is 8.14. The van der Waals surface area contributed by atoms with Crippen LogP contribution in [0.3, 0.4) is 0 Å². The molecule has 0 aromatic heterocycles. The number of nitrogens with one attached hydrogen (secondary N) is 1. The van der Waals surface area contributed by atoms with E-state index in [1.165, 1.54) is 5.56 Å². The number of carbonyl (C=O) groups excluding carboxylic acids is 2. The van der Waals surface area contributed by atoms with E-state index < -0.39 is 0 Å². The average molecular weight is 302 g/mol. The highest BCUT2D eigenvalue weighted by Gasteiger charge is 2.35. The van der Waals surface area contributed by atoms with Crippen LogP contribution in [0.25, 0.3) is 0 Å². The fraction of sp³-hybridized carbons (Fsp3) is 0.556. The smallest absolute Gasteiger partial charge is 0.227 e. The first-order chi connectivity index (χ1) is 10.5. The van der Waals surface area contributed by atoms with Gasteiger partial charge >= 0.3 is 0 Å². The van der Waals surface area contributed by atoms with E-state index in [9.17, 15) is 9.59 Å². The molecule has 120 valence electrons. The minimum Gasteiger partial charge on any atom is -0.353 e. The van der Waals surface area contributed by atoms with Crippen LogP contribution in [0.15, 0.2) is 18.2 Å². The van der Waals surface area contributed by atoms with Crippen molar-refractivity contribution in [2.75, 3.05) is 11.4 Å². The molecule has 1 aliphatic heterocycles. The number of carbonyl (C=O) groups is 2. The van der Waals surface area contributed by atoms with E-state index in [0.717, 1.165) is 24.1 Å². The van der Waals surface area contributed by atoms with Gasteiger partial charge in [-0.3, -0.25) is 9.59 Å². The Bertz CT molecular complexity index is 564. The van der Waals surface area contributed by atoms with Crippen molar-refractivity contribution in [2.24, 2.45) is 5.92 Å². The molecule has 1 saturated heterocycles. The summed E-state index contributed by atoms with van der Waals surface area (Å²) in [5.74, 6) is -0.198. The lowest BCUT2D eigenvalue weighted by Gasteiger charge is -2.19.